The van der Waals surface area contributed by atoms with Crippen LogP contribution >= 0.6 is 0 Å². The highest BCUT2D eigenvalue weighted by Gasteiger charge is 2.16. The SMILES string of the molecule is COc1ccc2cc(C(=O)Nc3ccc(C#N)cc3-c3noc(=O)[nH]3)[nH]c2c1. The summed E-state index contributed by atoms with van der Waals surface area (Å²) in [5.74, 6) is -0.351. The standard InChI is InChI=1S/C19H13N5O4/c1-27-12-4-3-11-7-16(21-15(11)8-12)18(25)22-14-5-2-10(9-20)6-13(14)17-23-19(26)28-24-17/h2-8,21H,1H3,(H,22,25)(H,23,24,26). The third-order valence-electron chi connectivity index (χ3n) is 4.17. The summed E-state index contributed by atoms with van der Waals surface area (Å²) in [5, 5.41) is 16.4. The lowest BCUT2D eigenvalue weighted by Crippen LogP contribution is -2.13. The van der Waals surface area contributed by atoms with Gasteiger partial charge in [-0.2, -0.15) is 5.26 Å². The van der Waals surface area contributed by atoms with Crippen LogP contribution in [0.15, 0.2) is 51.8 Å². The van der Waals surface area contributed by atoms with Crippen molar-refractivity contribution in [1.82, 2.24) is 15.1 Å². The molecule has 28 heavy (non-hydrogen) atoms. The van der Waals surface area contributed by atoms with Gasteiger partial charge in [-0.1, -0.05) is 5.16 Å². The molecule has 9 heteroatoms. The van der Waals surface area contributed by atoms with Gasteiger partial charge in [0, 0.05) is 22.5 Å². The van der Waals surface area contributed by atoms with Crippen LogP contribution in [0.4, 0.5) is 5.69 Å². The lowest BCUT2D eigenvalue weighted by atomic mass is 10.1. The molecule has 9 nitrogen and oxygen atoms in total. The Balaban J connectivity index is 1.70. The number of nitrogens with zero attached hydrogens (tertiary/aromatic N) is 2. The summed E-state index contributed by atoms with van der Waals surface area (Å²) in [6, 6.07) is 13.8. The van der Waals surface area contributed by atoms with Crippen molar-refractivity contribution in [3.05, 3.63) is 64.3 Å². The summed E-state index contributed by atoms with van der Waals surface area (Å²) in [7, 11) is 1.57. The van der Waals surface area contributed by atoms with E-state index in [9.17, 15) is 9.59 Å². The Labute approximate surface area is 157 Å². The van der Waals surface area contributed by atoms with E-state index in [4.69, 9.17) is 10.00 Å². The van der Waals surface area contributed by atoms with Crippen molar-refractivity contribution in [2.45, 2.75) is 0 Å². The first-order valence-corrected chi connectivity index (χ1v) is 8.16. The van der Waals surface area contributed by atoms with Crippen molar-refractivity contribution in [3.8, 4) is 23.2 Å². The van der Waals surface area contributed by atoms with Crippen LogP contribution < -0.4 is 15.8 Å². The summed E-state index contributed by atoms with van der Waals surface area (Å²) >= 11 is 0. The number of H-pyrrole nitrogens is 2. The molecule has 0 saturated heterocycles. The van der Waals surface area contributed by atoms with E-state index in [1.165, 1.54) is 6.07 Å². The van der Waals surface area contributed by atoms with E-state index >= 15 is 0 Å². The van der Waals surface area contributed by atoms with Crippen LogP contribution in [0.2, 0.25) is 0 Å². The fourth-order valence-electron chi connectivity index (χ4n) is 2.81. The molecule has 4 rings (SSSR count). The van der Waals surface area contributed by atoms with Gasteiger partial charge in [0.1, 0.15) is 11.4 Å². The first-order chi connectivity index (χ1) is 13.6. The van der Waals surface area contributed by atoms with Crippen LogP contribution in [0.3, 0.4) is 0 Å². The van der Waals surface area contributed by atoms with E-state index in [2.05, 4.69) is 25.0 Å². The molecule has 0 aliphatic carbocycles. The Morgan fingerprint density at radius 1 is 1.21 bits per heavy atom. The summed E-state index contributed by atoms with van der Waals surface area (Å²) < 4.78 is 9.71. The van der Waals surface area contributed by atoms with Crippen molar-refractivity contribution in [1.29, 1.82) is 5.26 Å². The molecule has 2 heterocycles. The van der Waals surface area contributed by atoms with E-state index in [1.54, 1.807) is 37.4 Å². The number of carbonyl (C=O) groups is 1. The molecule has 0 unspecified atom stereocenters. The second-order valence-electron chi connectivity index (χ2n) is 5.91. The number of carbonyl (C=O) groups excluding carboxylic acids is 1. The number of benzene rings is 2. The minimum atomic E-state index is -0.737. The van der Waals surface area contributed by atoms with Gasteiger partial charge in [-0.05, 0) is 36.4 Å². The van der Waals surface area contributed by atoms with Gasteiger partial charge in [-0.3, -0.25) is 14.3 Å². The average Bonchev–Trinajstić information content (AvgIpc) is 3.33. The van der Waals surface area contributed by atoms with Crippen molar-refractivity contribution in [2.75, 3.05) is 12.4 Å². The quantitative estimate of drug-likeness (QED) is 0.501. The normalized spacial score (nSPS) is 10.6. The Hall–Kier alpha value is -4.32. The second-order valence-corrected chi connectivity index (χ2v) is 5.91. The van der Waals surface area contributed by atoms with Crippen molar-refractivity contribution < 1.29 is 14.1 Å². The van der Waals surface area contributed by atoms with E-state index in [0.29, 0.717) is 28.3 Å². The third kappa shape index (κ3) is 3.10. The Bertz CT molecular complexity index is 1290. The van der Waals surface area contributed by atoms with E-state index in [0.717, 1.165) is 10.9 Å². The summed E-state index contributed by atoms with van der Waals surface area (Å²) in [6.07, 6.45) is 0. The largest absolute Gasteiger partial charge is 0.497 e. The molecule has 0 aliphatic rings. The van der Waals surface area contributed by atoms with Crippen LogP contribution in [0.5, 0.6) is 5.75 Å². The van der Waals surface area contributed by atoms with Gasteiger partial charge < -0.3 is 15.0 Å². The molecule has 2 aromatic carbocycles. The zero-order valence-corrected chi connectivity index (χ0v) is 14.6. The second kappa shape index (κ2) is 6.77. The number of anilines is 1. The van der Waals surface area contributed by atoms with Gasteiger partial charge in [0.15, 0.2) is 5.82 Å². The molecule has 1 amide bonds. The molecule has 0 spiro atoms. The maximum atomic E-state index is 12.7. The van der Waals surface area contributed by atoms with Gasteiger partial charge in [0.05, 0.1) is 24.4 Å². The summed E-state index contributed by atoms with van der Waals surface area (Å²) in [4.78, 5) is 29.5. The minimum absolute atomic E-state index is 0.110. The fourth-order valence-corrected chi connectivity index (χ4v) is 2.81. The molecule has 0 saturated carbocycles. The minimum Gasteiger partial charge on any atom is -0.497 e. The van der Waals surface area contributed by atoms with Crippen molar-refractivity contribution in [3.63, 3.8) is 0 Å². The number of nitrogens with one attached hydrogen (secondary N) is 3. The number of methoxy groups -OCH3 is 1. The van der Waals surface area contributed by atoms with Crippen LogP contribution in [-0.4, -0.2) is 28.1 Å². The highest BCUT2D eigenvalue weighted by Crippen LogP contribution is 2.27. The van der Waals surface area contributed by atoms with Crippen LogP contribution in [0.25, 0.3) is 22.3 Å². The number of aromatic amines is 2. The molecule has 138 valence electrons. The first-order valence-electron chi connectivity index (χ1n) is 8.16. The topological polar surface area (TPSA) is 137 Å². The van der Waals surface area contributed by atoms with E-state index in [1.807, 2.05) is 12.1 Å². The average molecular weight is 375 g/mol. The number of aromatic nitrogens is 3. The fraction of sp³-hybridized carbons (Fsp3) is 0.0526. The molecule has 4 aromatic rings. The maximum absolute atomic E-state index is 12.7. The van der Waals surface area contributed by atoms with E-state index in [-0.39, 0.29) is 5.82 Å². The summed E-state index contributed by atoms with van der Waals surface area (Å²) in [5.41, 5.74) is 2.16. The van der Waals surface area contributed by atoms with Crippen molar-refractivity contribution >= 4 is 22.5 Å². The lowest BCUT2D eigenvalue weighted by molar-refractivity contribution is 0.102. The van der Waals surface area contributed by atoms with Gasteiger partial charge in [-0.15, -0.1) is 0 Å². The molecule has 2 aromatic heterocycles. The number of hydrogen-bond donors (Lipinski definition) is 3. The van der Waals surface area contributed by atoms with Gasteiger partial charge >= 0.3 is 5.76 Å². The molecule has 0 atom stereocenters. The first kappa shape index (κ1) is 17.1. The zero-order valence-electron chi connectivity index (χ0n) is 14.6. The van der Waals surface area contributed by atoms with Gasteiger partial charge in [0.25, 0.3) is 5.91 Å². The lowest BCUT2D eigenvalue weighted by Gasteiger charge is -2.08. The van der Waals surface area contributed by atoms with Crippen molar-refractivity contribution in [2.24, 2.45) is 0 Å². The molecular weight excluding hydrogens is 362 g/mol. The van der Waals surface area contributed by atoms with Crippen LogP contribution in [-0.2, 0) is 0 Å². The number of hydrogen-bond acceptors (Lipinski definition) is 6. The van der Waals surface area contributed by atoms with Gasteiger partial charge in [0.2, 0.25) is 0 Å². The maximum Gasteiger partial charge on any atom is 0.439 e. The molecule has 3 N–H and O–H groups in total. The molecule has 0 fully saturated rings. The predicted octanol–water partition coefficient (Wildman–Crippen LogP) is 2.64. The number of ether oxygens (including phenoxy) is 1. The smallest absolute Gasteiger partial charge is 0.439 e. The van der Waals surface area contributed by atoms with Crippen LogP contribution in [0.1, 0.15) is 16.1 Å². The zero-order chi connectivity index (χ0) is 19.7. The number of nitriles is 1. The number of amides is 1. The molecule has 0 aliphatic heterocycles. The highest BCUT2D eigenvalue weighted by atomic mass is 16.5. The summed E-state index contributed by atoms with van der Waals surface area (Å²) in [6.45, 7) is 0. The van der Waals surface area contributed by atoms with Gasteiger partial charge in [-0.25, -0.2) is 4.79 Å². The van der Waals surface area contributed by atoms with E-state index < -0.39 is 11.7 Å². The Morgan fingerprint density at radius 3 is 2.79 bits per heavy atom. The van der Waals surface area contributed by atoms with Crippen LogP contribution in [0, 0.1) is 11.3 Å². The molecule has 0 bridgehead atoms. The molecular formula is C19H13N5O4. The number of rotatable bonds is 4. The predicted molar refractivity (Wildman–Crippen MR) is 100 cm³/mol. The third-order valence-corrected chi connectivity index (χ3v) is 4.17. The Kier molecular flexibility index (Phi) is 4.14. The molecule has 0 radical (unpaired) electrons. The Morgan fingerprint density at radius 2 is 2.07 bits per heavy atom. The number of fused-ring (bicyclic) bond motifs is 1. The highest BCUT2D eigenvalue weighted by molar-refractivity contribution is 6.07. The monoisotopic (exact) mass is 375 g/mol.